The van der Waals surface area contributed by atoms with Gasteiger partial charge in [0.2, 0.25) is 15.9 Å². The lowest BCUT2D eigenvalue weighted by Crippen LogP contribution is -2.55. The van der Waals surface area contributed by atoms with Gasteiger partial charge in [-0.3, -0.25) is 4.79 Å². The molecule has 1 atom stereocenters. The highest BCUT2D eigenvalue weighted by molar-refractivity contribution is 7.98. The number of carbonyl (C=O) groups is 1. The third-order valence-corrected chi connectivity index (χ3v) is 8.10. The molecule has 2 aromatic carbocycles. The van der Waals surface area contributed by atoms with Gasteiger partial charge >= 0.3 is 0 Å². The van der Waals surface area contributed by atoms with Crippen molar-refractivity contribution in [1.82, 2.24) is 9.62 Å². The number of anilines is 1. The first kappa shape index (κ1) is 24.9. The lowest BCUT2D eigenvalue weighted by atomic mass is 10.2. The maximum atomic E-state index is 13.3. The molecule has 1 aliphatic heterocycles. The second-order valence-electron chi connectivity index (χ2n) is 8.02. The highest BCUT2D eigenvalue weighted by Crippen LogP contribution is 2.22. The zero-order chi connectivity index (χ0) is 23.3. The Kier molecular flexibility index (Phi) is 8.49. The lowest BCUT2D eigenvalue weighted by molar-refractivity contribution is -0.133. The van der Waals surface area contributed by atoms with E-state index in [1.54, 1.807) is 35.7 Å². The van der Waals surface area contributed by atoms with Gasteiger partial charge in [0.1, 0.15) is 6.04 Å². The topological polar surface area (TPSA) is 69.7 Å². The minimum Gasteiger partial charge on any atom is -0.368 e. The SMILES string of the molecule is CSCCC(NS(=O)(=O)c1cc(C)ccc1C)C(=O)N1CCN(c2cccc(Cl)c2)CC1. The number of nitrogens with zero attached hydrogens (tertiary/aromatic N) is 2. The fraction of sp³-hybridized carbons (Fsp3) is 0.435. The Morgan fingerprint density at radius 2 is 1.84 bits per heavy atom. The van der Waals surface area contributed by atoms with Crippen LogP contribution < -0.4 is 9.62 Å². The van der Waals surface area contributed by atoms with Crippen molar-refractivity contribution in [3.05, 3.63) is 58.6 Å². The molecule has 174 valence electrons. The van der Waals surface area contributed by atoms with Crippen LogP contribution in [0, 0.1) is 13.8 Å². The van der Waals surface area contributed by atoms with Gasteiger partial charge < -0.3 is 9.80 Å². The Labute approximate surface area is 200 Å². The van der Waals surface area contributed by atoms with Crippen LogP contribution in [-0.4, -0.2) is 63.5 Å². The van der Waals surface area contributed by atoms with Crippen molar-refractivity contribution in [3.8, 4) is 0 Å². The van der Waals surface area contributed by atoms with Gasteiger partial charge in [0.05, 0.1) is 4.90 Å². The van der Waals surface area contributed by atoms with Crippen LogP contribution in [0.5, 0.6) is 0 Å². The number of piperazine rings is 1. The van der Waals surface area contributed by atoms with E-state index in [1.165, 1.54) is 0 Å². The summed E-state index contributed by atoms with van der Waals surface area (Å²) in [5.41, 5.74) is 2.55. The molecule has 9 heteroatoms. The number of halogens is 1. The van der Waals surface area contributed by atoms with Gasteiger partial charge in [-0.15, -0.1) is 0 Å². The van der Waals surface area contributed by atoms with Crippen LogP contribution in [0.4, 0.5) is 5.69 Å². The number of carbonyl (C=O) groups excluding carboxylic acids is 1. The molecule has 0 aromatic heterocycles. The van der Waals surface area contributed by atoms with E-state index in [0.717, 1.165) is 11.3 Å². The average molecular weight is 496 g/mol. The summed E-state index contributed by atoms with van der Waals surface area (Å²) in [6, 6.07) is 12.2. The minimum absolute atomic E-state index is 0.168. The van der Waals surface area contributed by atoms with E-state index in [0.29, 0.717) is 48.9 Å². The molecule has 6 nitrogen and oxygen atoms in total. The van der Waals surface area contributed by atoms with Crippen molar-refractivity contribution in [2.45, 2.75) is 31.2 Å². The van der Waals surface area contributed by atoms with Crippen LogP contribution in [0.3, 0.4) is 0 Å². The number of hydrogen-bond acceptors (Lipinski definition) is 5. The minimum atomic E-state index is -3.82. The molecular formula is C23H30ClN3O3S2. The lowest BCUT2D eigenvalue weighted by Gasteiger charge is -2.37. The predicted octanol–water partition coefficient (Wildman–Crippen LogP) is 3.71. The molecule has 0 saturated carbocycles. The summed E-state index contributed by atoms with van der Waals surface area (Å²) < 4.78 is 28.9. The molecule has 1 unspecified atom stereocenters. The van der Waals surface area contributed by atoms with Gasteiger partial charge in [0.15, 0.2) is 0 Å². The number of nitrogens with one attached hydrogen (secondary N) is 1. The predicted molar refractivity (Wildman–Crippen MR) is 133 cm³/mol. The van der Waals surface area contributed by atoms with Crippen LogP contribution in [0.1, 0.15) is 17.5 Å². The van der Waals surface area contributed by atoms with Crippen LogP contribution in [0.15, 0.2) is 47.4 Å². The summed E-state index contributed by atoms with van der Waals surface area (Å²) in [5.74, 6) is 0.521. The molecule has 0 radical (unpaired) electrons. The quantitative estimate of drug-likeness (QED) is 0.604. The van der Waals surface area contributed by atoms with Gasteiger partial charge in [0, 0.05) is 36.9 Å². The molecule has 1 N–H and O–H groups in total. The normalized spacial score (nSPS) is 15.6. The average Bonchev–Trinajstić information content (AvgIpc) is 2.77. The zero-order valence-corrected chi connectivity index (χ0v) is 21.1. The largest absolute Gasteiger partial charge is 0.368 e. The van der Waals surface area contributed by atoms with Crippen molar-refractivity contribution in [2.24, 2.45) is 0 Å². The summed E-state index contributed by atoms with van der Waals surface area (Å²) in [6.07, 6.45) is 2.39. The number of hydrogen-bond donors (Lipinski definition) is 1. The summed E-state index contributed by atoms with van der Waals surface area (Å²) in [4.78, 5) is 17.5. The fourth-order valence-electron chi connectivity index (χ4n) is 3.79. The molecule has 2 aromatic rings. The van der Waals surface area contributed by atoms with Crippen LogP contribution in [-0.2, 0) is 14.8 Å². The Balaban J connectivity index is 1.72. The standard InChI is InChI=1S/C23H30ClN3O3S2/c1-17-7-8-18(2)22(15-17)32(29,30)25-21(9-14-31-3)23(28)27-12-10-26(11-13-27)20-6-4-5-19(24)16-20/h4-8,15-16,21,25H,9-14H2,1-3H3. The Hall–Kier alpha value is -1.74. The fourth-order valence-corrected chi connectivity index (χ4v) is 6.00. The van der Waals surface area contributed by atoms with Gasteiger partial charge in [-0.2, -0.15) is 16.5 Å². The molecule has 3 rings (SSSR count). The number of aryl methyl sites for hydroxylation is 2. The van der Waals surface area contributed by atoms with E-state index in [-0.39, 0.29) is 10.8 Å². The summed E-state index contributed by atoms with van der Waals surface area (Å²) in [7, 11) is -3.82. The molecule has 0 spiro atoms. The van der Waals surface area contributed by atoms with E-state index < -0.39 is 16.1 Å². The van der Waals surface area contributed by atoms with E-state index in [9.17, 15) is 13.2 Å². The monoisotopic (exact) mass is 495 g/mol. The van der Waals surface area contributed by atoms with Crippen molar-refractivity contribution >= 4 is 45.0 Å². The zero-order valence-electron chi connectivity index (χ0n) is 18.7. The van der Waals surface area contributed by atoms with E-state index >= 15 is 0 Å². The van der Waals surface area contributed by atoms with E-state index in [2.05, 4.69) is 9.62 Å². The van der Waals surface area contributed by atoms with Gasteiger partial charge in [-0.25, -0.2) is 8.42 Å². The second-order valence-corrected chi connectivity index (χ2v) is 11.1. The first-order valence-electron chi connectivity index (χ1n) is 10.6. The Bertz CT molecular complexity index is 1050. The smallest absolute Gasteiger partial charge is 0.241 e. The molecule has 0 bridgehead atoms. The number of thioether (sulfide) groups is 1. The highest BCUT2D eigenvalue weighted by atomic mass is 35.5. The van der Waals surface area contributed by atoms with Gasteiger partial charge in [-0.1, -0.05) is 29.8 Å². The summed E-state index contributed by atoms with van der Waals surface area (Å²) in [5, 5.41) is 0.680. The molecular weight excluding hydrogens is 466 g/mol. The Morgan fingerprint density at radius 1 is 1.12 bits per heavy atom. The Morgan fingerprint density at radius 3 is 2.50 bits per heavy atom. The molecule has 1 heterocycles. The molecule has 0 aliphatic carbocycles. The first-order valence-corrected chi connectivity index (χ1v) is 13.8. The maximum absolute atomic E-state index is 13.3. The van der Waals surface area contributed by atoms with Crippen molar-refractivity contribution in [2.75, 3.05) is 43.1 Å². The summed E-state index contributed by atoms with van der Waals surface area (Å²) >= 11 is 7.70. The third kappa shape index (κ3) is 6.19. The van der Waals surface area contributed by atoms with Gasteiger partial charge in [-0.05, 0) is 67.7 Å². The molecule has 32 heavy (non-hydrogen) atoms. The highest BCUT2D eigenvalue weighted by Gasteiger charge is 2.31. The van der Waals surface area contributed by atoms with Crippen molar-refractivity contribution in [1.29, 1.82) is 0 Å². The molecule has 1 aliphatic rings. The van der Waals surface area contributed by atoms with E-state index in [4.69, 9.17) is 11.6 Å². The number of sulfonamides is 1. The number of benzene rings is 2. The molecule has 1 saturated heterocycles. The summed E-state index contributed by atoms with van der Waals surface area (Å²) in [6.45, 7) is 6.03. The number of amides is 1. The van der Waals surface area contributed by atoms with Crippen molar-refractivity contribution in [3.63, 3.8) is 0 Å². The van der Waals surface area contributed by atoms with E-state index in [1.807, 2.05) is 43.5 Å². The first-order chi connectivity index (χ1) is 15.2. The second kappa shape index (κ2) is 10.9. The van der Waals surface area contributed by atoms with Crippen LogP contribution in [0.2, 0.25) is 5.02 Å². The van der Waals surface area contributed by atoms with Crippen molar-refractivity contribution < 1.29 is 13.2 Å². The van der Waals surface area contributed by atoms with Gasteiger partial charge in [0.25, 0.3) is 0 Å². The maximum Gasteiger partial charge on any atom is 0.241 e. The third-order valence-electron chi connectivity index (χ3n) is 5.60. The van der Waals surface area contributed by atoms with Crippen LogP contribution >= 0.6 is 23.4 Å². The molecule has 1 amide bonds. The molecule has 1 fully saturated rings. The number of rotatable bonds is 8. The van der Waals surface area contributed by atoms with Crippen LogP contribution in [0.25, 0.3) is 0 Å².